The molecule has 1 aromatic heterocycles. The summed E-state index contributed by atoms with van der Waals surface area (Å²) in [5, 5.41) is 5.12. The van der Waals surface area contributed by atoms with E-state index in [1.165, 1.54) is 0 Å². The highest BCUT2D eigenvalue weighted by Gasteiger charge is 2.30. The number of carbonyl (C=O) groups is 1. The van der Waals surface area contributed by atoms with Crippen molar-refractivity contribution in [3.8, 4) is 5.75 Å². The lowest BCUT2D eigenvalue weighted by atomic mass is 10.0. The number of H-pyrrole nitrogens is 1. The molecular weight excluding hydrogens is 314 g/mol. The average molecular weight is 329 g/mol. The number of amides is 1. The third-order valence-electron chi connectivity index (χ3n) is 4.58. The molecule has 122 valence electrons. The Morgan fingerprint density at radius 1 is 1.08 bits per heavy atom. The van der Waals surface area contributed by atoms with Crippen LogP contribution in [-0.4, -0.2) is 22.0 Å². The number of nitrogens with one attached hydrogen (secondary N) is 2. The number of benzene rings is 3. The number of para-hydroxylation sites is 2. The minimum atomic E-state index is -0.547. The number of imidazole rings is 1. The molecule has 0 aliphatic carbocycles. The van der Waals surface area contributed by atoms with E-state index in [9.17, 15) is 4.79 Å². The van der Waals surface area contributed by atoms with Crippen molar-refractivity contribution in [2.24, 2.45) is 0 Å². The summed E-state index contributed by atoms with van der Waals surface area (Å²) in [4.78, 5) is 20.1. The predicted molar refractivity (Wildman–Crippen MR) is 96.8 cm³/mol. The Balaban J connectivity index is 1.40. The van der Waals surface area contributed by atoms with Crippen LogP contribution in [0.4, 0.5) is 5.95 Å². The number of nitrogens with zero attached hydrogens (tertiary/aromatic N) is 1. The van der Waals surface area contributed by atoms with Crippen LogP contribution in [0.1, 0.15) is 5.56 Å². The molecular formula is C20H15N3O2. The Morgan fingerprint density at radius 3 is 2.84 bits per heavy atom. The fourth-order valence-electron chi connectivity index (χ4n) is 3.37. The lowest BCUT2D eigenvalue weighted by Gasteiger charge is -2.09. The van der Waals surface area contributed by atoms with Crippen LogP contribution in [0.3, 0.4) is 0 Å². The fourth-order valence-corrected chi connectivity index (χ4v) is 3.37. The third-order valence-corrected chi connectivity index (χ3v) is 4.58. The SMILES string of the molecule is O=C(Nc1nc2ccccc2[nH]1)C1Cc2c(ccc3ccccc23)O1. The standard InChI is InChI=1S/C20H15N3O2/c24-19(23-20-21-15-7-3-4-8-16(15)22-20)18-11-14-13-6-2-1-5-12(13)9-10-17(14)25-18/h1-10,18H,11H2,(H2,21,22,23,24). The Morgan fingerprint density at radius 2 is 1.92 bits per heavy atom. The molecule has 1 unspecified atom stereocenters. The molecule has 1 aliphatic rings. The van der Waals surface area contributed by atoms with Gasteiger partial charge in [0.05, 0.1) is 11.0 Å². The van der Waals surface area contributed by atoms with Gasteiger partial charge in [-0.1, -0.05) is 42.5 Å². The number of rotatable bonds is 2. The molecule has 5 heteroatoms. The monoisotopic (exact) mass is 329 g/mol. The summed E-state index contributed by atoms with van der Waals surface area (Å²) < 4.78 is 5.87. The van der Waals surface area contributed by atoms with Gasteiger partial charge in [0, 0.05) is 12.0 Å². The number of anilines is 1. The van der Waals surface area contributed by atoms with E-state index < -0.39 is 6.10 Å². The van der Waals surface area contributed by atoms with Gasteiger partial charge in [-0.2, -0.15) is 0 Å². The molecule has 0 saturated carbocycles. The maximum Gasteiger partial charge on any atom is 0.268 e. The molecule has 3 aromatic carbocycles. The summed E-state index contributed by atoms with van der Waals surface area (Å²) in [6.07, 6.45) is 0.0111. The predicted octanol–water partition coefficient (Wildman–Crippen LogP) is 3.66. The van der Waals surface area contributed by atoms with Crippen molar-refractivity contribution in [1.29, 1.82) is 0 Å². The number of hydrogen-bond acceptors (Lipinski definition) is 3. The van der Waals surface area contributed by atoms with Crippen molar-refractivity contribution in [3.05, 3.63) is 66.2 Å². The number of fused-ring (bicyclic) bond motifs is 4. The van der Waals surface area contributed by atoms with Gasteiger partial charge in [0.25, 0.3) is 5.91 Å². The number of aromatic amines is 1. The van der Waals surface area contributed by atoms with Crippen molar-refractivity contribution in [3.63, 3.8) is 0 Å². The Bertz CT molecular complexity index is 1080. The second-order valence-corrected chi connectivity index (χ2v) is 6.17. The van der Waals surface area contributed by atoms with Gasteiger partial charge in [-0.15, -0.1) is 0 Å². The smallest absolute Gasteiger partial charge is 0.268 e. The first kappa shape index (κ1) is 14.0. The maximum absolute atomic E-state index is 12.6. The van der Waals surface area contributed by atoms with Crippen molar-refractivity contribution >= 4 is 33.7 Å². The maximum atomic E-state index is 12.6. The second kappa shape index (κ2) is 5.34. The van der Waals surface area contributed by atoms with E-state index in [4.69, 9.17) is 4.74 Å². The molecule has 4 aromatic rings. The van der Waals surface area contributed by atoms with Gasteiger partial charge in [-0.05, 0) is 29.0 Å². The molecule has 0 bridgehead atoms. The van der Waals surface area contributed by atoms with E-state index in [2.05, 4.69) is 27.4 Å². The molecule has 1 amide bonds. The number of carbonyl (C=O) groups excluding carboxylic acids is 1. The molecule has 1 aliphatic heterocycles. The molecule has 0 spiro atoms. The van der Waals surface area contributed by atoms with E-state index in [0.29, 0.717) is 12.4 Å². The molecule has 5 nitrogen and oxygen atoms in total. The van der Waals surface area contributed by atoms with Crippen molar-refractivity contribution in [1.82, 2.24) is 9.97 Å². The van der Waals surface area contributed by atoms with Crippen molar-refractivity contribution in [2.45, 2.75) is 12.5 Å². The largest absolute Gasteiger partial charge is 0.480 e. The zero-order valence-corrected chi connectivity index (χ0v) is 13.3. The highest BCUT2D eigenvalue weighted by Crippen LogP contribution is 2.35. The quantitative estimate of drug-likeness (QED) is 0.590. The first-order valence-corrected chi connectivity index (χ1v) is 8.21. The van der Waals surface area contributed by atoms with Crippen LogP contribution in [-0.2, 0) is 11.2 Å². The van der Waals surface area contributed by atoms with Gasteiger partial charge in [0.15, 0.2) is 6.10 Å². The summed E-state index contributed by atoms with van der Waals surface area (Å²) in [5.74, 6) is 1.03. The number of hydrogen-bond donors (Lipinski definition) is 2. The molecule has 5 rings (SSSR count). The summed E-state index contributed by atoms with van der Waals surface area (Å²) in [6, 6.07) is 19.8. The van der Waals surface area contributed by atoms with E-state index in [-0.39, 0.29) is 5.91 Å². The van der Waals surface area contributed by atoms with Gasteiger partial charge in [-0.3, -0.25) is 10.1 Å². The molecule has 25 heavy (non-hydrogen) atoms. The Hall–Kier alpha value is -3.34. The van der Waals surface area contributed by atoms with Crippen molar-refractivity contribution in [2.75, 3.05) is 5.32 Å². The molecule has 1 atom stereocenters. The van der Waals surface area contributed by atoms with E-state index in [1.807, 2.05) is 48.5 Å². The van der Waals surface area contributed by atoms with Crippen LogP contribution in [0.25, 0.3) is 21.8 Å². The summed E-state index contributed by atoms with van der Waals surface area (Å²) >= 11 is 0. The average Bonchev–Trinajstić information content (AvgIpc) is 3.25. The summed E-state index contributed by atoms with van der Waals surface area (Å²) in [5.41, 5.74) is 2.79. The molecule has 0 radical (unpaired) electrons. The Labute approximate surface area is 143 Å². The van der Waals surface area contributed by atoms with Gasteiger partial charge >= 0.3 is 0 Å². The first-order valence-electron chi connectivity index (χ1n) is 8.21. The Kier molecular flexibility index (Phi) is 3.00. The van der Waals surface area contributed by atoms with Gasteiger partial charge in [-0.25, -0.2) is 4.98 Å². The highest BCUT2D eigenvalue weighted by molar-refractivity contribution is 5.97. The van der Waals surface area contributed by atoms with Crippen LogP contribution >= 0.6 is 0 Å². The highest BCUT2D eigenvalue weighted by atomic mass is 16.5. The van der Waals surface area contributed by atoms with Gasteiger partial charge < -0.3 is 9.72 Å². The van der Waals surface area contributed by atoms with Gasteiger partial charge in [0.2, 0.25) is 5.95 Å². The van der Waals surface area contributed by atoms with E-state index >= 15 is 0 Å². The lowest BCUT2D eigenvalue weighted by molar-refractivity contribution is -0.122. The van der Waals surface area contributed by atoms with E-state index in [0.717, 1.165) is 33.1 Å². The molecule has 2 N–H and O–H groups in total. The molecule has 0 saturated heterocycles. The minimum Gasteiger partial charge on any atom is -0.480 e. The topological polar surface area (TPSA) is 67.0 Å². The summed E-state index contributed by atoms with van der Waals surface area (Å²) in [6.45, 7) is 0. The van der Waals surface area contributed by atoms with Crippen LogP contribution in [0.2, 0.25) is 0 Å². The van der Waals surface area contributed by atoms with Crippen LogP contribution in [0.5, 0.6) is 5.75 Å². The summed E-state index contributed by atoms with van der Waals surface area (Å²) in [7, 11) is 0. The van der Waals surface area contributed by atoms with Crippen LogP contribution < -0.4 is 10.1 Å². The zero-order valence-electron chi connectivity index (χ0n) is 13.3. The second-order valence-electron chi connectivity index (χ2n) is 6.17. The van der Waals surface area contributed by atoms with E-state index in [1.54, 1.807) is 0 Å². The lowest BCUT2D eigenvalue weighted by Crippen LogP contribution is -2.31. The van der Waals surface area contributed by atoms with Crippen LogP contribution in [0.15, 0.2) is 60.7 Å². The van der Waals surface area contributed by atoms with Gasteiger partial charge in [0.1, 0.15) is 5.75 Å². The minimum absolute atomic E-state index is 0.195. The normalized spacial score (nSPS) is 15.9. The molecule has 0 fully saturated rings. The third kappa shape index (κ3) is 2.32. The van der Waals surface area contributed by atoms with Crippen molar-refractivity contribution < 1.29 is 9.53 Å². The number of ether oxygens (including phenoxy) is 1. The molecule has 2 heterocycles. The number of aromatic nitrogens is 2. The first-order chi connectivity index (χ1) is 12.3. The fraction of sp³-hybridized carbons (Fsp3) is 0.100. The zero-order chi connectivity index (χ0) is 16.8. The van der Waals surface area contributed by atoms with Crippen LogP contribution in [0, 0.1) is 0 Å².